The monoisotopic (exact) mass is 248 g/mol. The second kappa shape index (κ2) is 5.40. The van der Waals surface area contributed by atoms with Crippen LogP contribution in [0.5, 0.6) is 5.75 Å². The van der Waals surface area contributed by atoms with E-state index in [-0.39, 0.29) is 12.5 Å². The van der Waals surface area contributed by atoms with Crippen molar-refractivity contribution in [3.63, 3.8) is 0 Å². The predicted molar refractivity (Wildman–Crippen MR) is 72.0 cm³/mol. The molecule has 1 unspecified atom stereocenters. The molecule has 18 heavy (non-hydrogen) atoms. The quantitative estimate of drug-likeness (QED) is 0.854. The summed E-state index contributed by atoms with van der Waals surface area (Å²) in [7, 11) is 1.98. The van der Waals surface area contributed by atoms with Gasteiger partial charge in [-0.3, -0.25) is 4.79 Å². The number of amides is 1. The molecule has 0 saturated heterocycles. The fraction of sp³-hybridized carbons (Fsp3) is 0.500. The van der Waals surface area contributed by atoms with E-state index in [0.29, 0.717) is 12.0 Å². The minimum absolute atomic E-state index is 0.0892. The highest BCUT2D eigenvalue weighted by Gasteiger charge is 2.17. The molecule has 4 heteroatoms. The Morgan fingerprint density at radius 1 is 1.44 bits per heavy atom. The number of hydrogen-bond acceptors (Lipinski definition) is 3. The fourth-order valence-corrected chi connectivity index (χ4v) is 2.18. The Labute approximate surface area is 108 Å². The molecular weight excluding hydrogens is 228 g/mol. The Morgan fingerprint density at radius 3 is 2.89 bits per heavy atom. The molecule has 4 nitrogen and oxygen atoms in total. The van der Waals surface area contributed by atoms with Crippen molar-refractivity contribution in [3.8, 4) is 5.75 Å². The maximum Gasteiger partial charge on any atom is 0.262 e. The molecule has 0 fully saturated rings. The first-order valence-corrected chi connectivity index (χ1v) is 6.33. The van der Waals surface area contributed by atoms with Crippen LogP contribution < -0.4 is 15.4 Å². The number of likely N-dealkylation sites (N-methyl/N-ethyl adjacent to an activating group) is 1. The van der Waals surface area contributed by atoms with Crippen LogP contribution in [0, 0.1) is 5.92 Å². The highest BCUT2D eigenvalue weighted by atomic mass is 16.5. The number of nitrogens with one attached hydrogen (secondary N) is 2. The van der Waals surface area contributed by atoms with Crippen LogP contribution in [0.15, 0.2) is 18.2 Å². The first-order valence-electron chi connectivity index (χ1n) is 6.33. The highest BCUT2D eigenvalue weighted by Crippen LogP contribution is 2.29. The lowest BCUT2D eigenvalue weighted by molar-refractivity contribution is -0.118. The van der Waals surface area contributed by atoms with E-state index in [1.165, 1.54) is 5.56 Å². The summed E-state index contributed by atoms with van der Waals surface area (Å²) in [6.07, 6.45) is 0.942. The second-order valence-electron chi connectivity index (χ2n) is 5.01. The largest absolute Gasteiger partial charge is 0.482 e. The van der Waals surface area contributed by atoms with Gasteiger partial charge in [-0.2, -0.15) is 0 Å². The summed E-state index contributed by atoms with van der Waals surface area (Å²) < 4.78 is 5.34. The van der Waals surface area contributed by atoms with Gasteiger partial charge in [0.25, 0.3) is 5.91 Å². The number of anilines is 1. The zero-order chi connectivity index (χ0) is 13.1. The van der Waals surface area contributed by atoms with Crippen LogP contribution in [0.25, 0.3) is 0 Å². The van der Waals surface area contributed by atoms with Gasteiger partial charge >= 0.3 is 0 Å². The summed E-state index contributed by atoms with van der Waals surface area (Å²) in [6.45, 7) is 4.51. The van der Waals surface area contributed by atoms with Crippen molar-refractivity contribution in [2.75, 3.05) is 19.0 Å². The van der Waals surface area contributed by atoms with E-state index in [2.05, 4.69) is 30.5 Å². The van der Waals surface area contributed by atoms with Crippen LogP contribution in [0.3, 0.4) is 0 Å². The Balaban J connectivity index is 2.15. The lowest BCUT2D eigenvalue weighted by atomic mass is 9.96. The van der Waals surface area contributed by atoms with Crippen molar-refractivity contribution in [3.05, 3.63) is 23.8 Å². The number of fused-ring (bicyclic) bond motifs is 1. The average Bonchev–Trinajstić information content (AvgIpc) is 2.35. The van der Waals surface area contributed by atoms with Crippen LogP contribution in [-0.4, -0.2) is 25.6 Å². The van der Waals surface area contributed by atoms with Gasteiger partial charge in [0.05, 0.1) is 5.69 Å². The Hall–Kier alpha value is -1.55. The lowest BCUT2D eigenvalue weighted by Gasteiger charge is -2.22. The summed E-state index contributed by atoms with van der Waals surface area (Å²) in [4.78, 5) is 11.3. The Kier molecular flexibility index (Phi) is 3.87. The topological polar surface area (TPSA) is 50.4 Å². The van der Waals surface area contributed by atoms with Gasteiger partial charge in [0.2, 0.25) is 0 Å². The molecule has 0 radical (unpaired) electrons. The minimum Gasteiger partial charge on any atom is -0.482 e. The summed E-state index contributed by atoms with van der Waals surface area (Å²) >= 11 is 0. The van der Waals surface area contributed by atoms with E-state index in [0.717, 1.165) is 17.9 Å². The molecule has 0 spiro atoms. The van der Waals surface area contributed by atoms with Gasteiger partial charge in [0.1, 0.15) is 5.75 Å². The maximum absolute atomic E-state index is 11.3. The molecule has 2 rings (SSSR count). The SMILES string of the molecule is CNC(Cc1ccc2c(c1)NC(=O)CO2)C(C)C. The lowest BCUT2D eigenvalue weighted by Crippen LogP contribution is -2.32. The van der Waals surface area contributed by atoms with E-state index < -0.39 is 0 Å². The number of ether oxygens (including phenoxy) is 1. The number of hydrogen-bond donors (Lipinski definition) is 2. The summed E-state index contributed by atoms with van der Waals surface area (Å²) in [6, 6.07) is 6.42. The van der Waals surface area contributed by atoms with E-state index in [1.807, 2.05) is 19.2 Å². The van der Waals surface area contributed by atoms with Gasteiger partial charge in [0.15, 0.2) is 6.61 Å². The fourth-order valence-electron chi connectivity index (χ4n) is 2.18. The molecule has 1 aliphatic rings. The predicted octanol–water partition coefficient (Wildman–Crippen LogP) is 1.80. The highest BCUT2D eigenvalue weighted by molar-refractivity contribution is 5.95. The van der Waals surface area contributed by atoms with Gasteiger partial charge in [-0.15, -0.1) is 0 Å². The van der Waals surface area contributed by atoms with Crippen molar-refractivity contribution in [1.29, 1.82) is 0 Å². The normalized spacial score (nSPS) is 15.9. The summed E-state index contributed by atoms with van der Waals surface area (Å²) in [5.74, 6) is 1.23. The smallest absolute Gasteiger partial charge is 0.262 e. The molecular formula is C14H20N2O2. The van der Waals surface area contributed by atoms with E-state index >= 15 is 0 Å². The van der Waals surface area contributed by atoms with Crippen molar-refractivity contribution in [2.24, 2.45) is 5.92 Å². The zero-order valence-electron chi connectivity index (χ0n) is 11.1. The Bertz CT molecular complexity index is 443. The third kappa shape index (κ3) is 2.82. The third-order valence-electron chi connectivity index (χ3n) is 3.31. The van der Waals surface area contributed by atoms with Gasteiger partial charge in [-0.05, 0) is 37.1 Å². The van der Waals surface area contributed by atoms with E-state index in [9.17, 15) is 4.79 Å². The summed E-state index contributed by atoms with van der Waals surface area (Å²) in [5.41, 5.74) is 1.98. The van der Waals surface area contributed by atoms with Crippen molar-refractivity contribution in [2.45, 2.75) is 26.3 Å². The molecule has 1 aromatic rings. The van der Waals surface area contributed by atoms with Gasteiger partial charge in [0, 0.05) is 6.04 Å². The standard InChI is InChI=1S/C14H20N2O2/c1-9(2)11(15-3)6-10-4-5-13-12(7-10)16-14(17)8-18-13/h4-5,7,9,11,15H,6,8H2,1-3H3,(H,16,17). The first-order chi connectivity index (χ1) is 8.60. The maximum atomic E-state index is 11.3. The number of carbonyl (C=O) groups is 1. The van der Waals surface area contributed by atoms with Crippen molar-refractivity contribution in [1.82, 2.24) is 5.32 Å². The molecule has 0 aliphatic carbocycles. The molecule has 1 aromatic carbocycles. The Morgan fingerprint density at radius 2 is 2.22 bits per heavy atom. The van der Waals surface area contributed by atoms with Crippen molar-refractivity contribution < 1.29 is 9.53 Å². The van der Waals surface area contributed by atoms with Crippen LogP contribution in [-0.2, 0) is 11.2 Å². The number of rotatable bonds is 4. The zero-order valence-corrected chi connectivity index (χ0v) is 11.1. The average molecular weight is 248 g/mol. The van der Waals surface area contributed by atoms with E-state index in [1.54, 1.807) is 0 Å². The molecule has 0 aromatic heterocycles. The molecule has 2 N–H and O–H groups in total. The van der Waals surface area contributed by atoms with Crippen LogP contribution in [0.2, 0.25) is 0 Å². The van der Waals surface area contributed by atoms with Gasteiger partial charge in [-0.1, -0.05) is 19.9 Å². The number of benzene rings is 1. The molecule has 1 atom stereocenters. The number of carbonyl (C=O) groups excluding carboxylic acids is 1. The molecule has 0 bridgehead atoms. The molecule has 0 saturated carbocycles. The van der Waals surface area contributed by atoms with Crippen LogP contribution >= 0.6 is 0 Å². The van der Waals surface area contributed by atoms with Gasteiger partial charge < -0.3 is 15.4 Å². The van der Waals surface area contributed by atoms with E-state index in [4.69, 9.17) is 4.74 Å². The van der Waals surface area contributed by atoms with Crippen LogP contribution in [0.4, 0.5) is 5.69 Å². The second-order valence-corrected chi connectivity index (χ2v) is 5.01. The first kappa shape index (κ1) is 12.9. The molecule has 1 amide bonds. The summed E-state index contributed by atoms with van der Waals surface area (Å²) in [5, 5.41) is 6.16. The van der Waals surface area contributed by atoms with Gasteiger partial charge in [-0.25, -0.2) is 0 Å². The minimum atomic E-state index is -0.0892. The molecule has 1 aliphatic heterocycles. The molecule has 1 heterocycles. The van der Waals surface area contributed by atoms with Crippen molar-refractivity contribution >= 4 is 11.6 Å². The molecule has 98 valence electrons. The third-order valence-corrected chi connectivity index (χ3v) is 3.31. The van der Waals surface area contributed by atoms with Crippen LogP contribution in [0.1, 0.15) is 19.4 Å².